The van der Waals surface area contributed by atoms with Crippen molar-refractivity contribution in [2.75, 3.05) is 12.3 Å². The van der Waals surface area contributed by atoms with Crippen LogP contribution in [0.25, 0.3) is 22.3 Å². The third-order valence-electron chi connectivity index (χ3n) is 5.07. The summed E-state index contributed by atoms with van der Waals surface area (Å²) in [5, 5.41) is 7.12. The number of fused-ring (bicyclic) bond motifs is 2. The number of nitrogens with zero attached hydrogens (tertiary/aromatic N) is 4. The summed E-state index contributed by atoms with van der Waals surface area (Å²) in [5.41, 5.74) is 11.2. The van der Waals surface area contributed by atoms with Crippen molar-refractivity contribution in [3.8, 4) is 17.0 Å². The maximum absolute atomic E-state index is 10.6. The van der Waals surface area contributed by atoms with Gasteiger partial charge in [0.1, 0.15) is 5.75 Å². The third kappa shape index (κ3) is 5.20. The summed E-state index contributed by atoms with van der Waals surface area (Å²) in [7, 11) is 0. The molecule has 2 aromatic heterocycles. The Labute approximate surface area is 191 Å². The molecule has 2 aromatic carbocycles. The molecule has 1 unspecified atom stereocenters. The number of hydrogen-bond donors (Lipinski definition) is 2. The normalized spacial score (nSPS) is 15.0. The standard InChI is InChI=1S/C21H17N5O.C2HF3O2/c22-21-23-8-7-16(26-21)13-5-6-17-18(10-13)24-11-19(25-17)15-9-14-3-1-2-4-20(14)27-12-15;3-2(4,5)1(6)7/h1-8,10-11,15H,9,12H2,(H2,22,23,26);(H,6,7). The molecule has 0 fully saturated rings. The zero-order valence-corrected chi connectivity index (χ0v) is 17.5. The summed E-state index contributed by atoms with van der Waals surface area (Å²) in [6.07, 6.45) is -0.672. The molecule has 0 amide bonds. The van der Waals surface area contributed by atoms with Crippen LogP contribution in [0.2, 0.25) is 0 Å². The molecule has 0 aliphatic carbocycles. The molecule has 0 saturated carbocycles. The highest BCUT2D eigenvalue weighted by molar-refractivity contribution is 5.80. The van der Waals surface area contributed by atoms with E-state index in [1.54, 1.807) is 6.20 Å². The van der Waals surface area contributed by atoms with Crippen molar-refractivity contribution >= 4 is 23.0 Å². The number of aliphatic carboxylic acids is 1. The molecule has 0 bridgehead atoms. The van der Waals surface area contributed by atoms with E-state index in [2.05, 4.69) is 21.0 Å². The summed E-state index contributed by atoms with van der Waals surface area (Å²) in [4.78, 5) is 26.5. The van der Waals surface area contributed by atoms with E-state index in [0.29, 0.717) is 6.61 Å². The lowest BCUT2D eigenvalue weighted by molar-refractivity contribution is -0.192. The summed E-state index contributed by atoms with van der Waals surface area (Å²) < 4.78 is 37.6. The summed E-state index contributed by atoms with van der Waals surface area (Å²) in [6, 6.07) is 15.9. The zero-order chi connectivity index (χ0) is 24.3. The van der Waals surface area contributed by atoms with Gasteiger partial charge in [-0.15, -0.1) is 0 Å². The Kier molecular flexibility index (Phi) is 6.26. The van der Waals surface area contributed by atoms with Crippen LogP contribution < -0.4 is 10.5 Å². The van der Waals surface area contributed by atoms with Crippen LogP contribution in [0, 0.1) is 0 Å². The maximum Gasteiger partial charge on any atom is 0.490 e. The van der Waals surface area contributed by atoms with Gasteiger partial charge in [-0.3, -0.25) is 4.98 Å². The molecule has 8 nitrogen and oxygen atoms in total. The van der Waals surface area contributed by atoms with Gasteiger partial charge in [0.05, 0.1) is 29.0 Å². The first-order valence-electron chi connectivity index (χ1n) is 10.1. The van der Waals surface area contributed by atoms with E-state index >= 15 is 0 Å². The van der Waals surface area contributed by atoms with Crippen molar-refractivity contribution in [3.05, 3.63) is 72.2 Å². The molecule has 1 atom stereocenters. The van der Waals surface area contributed by atoms with Crippen LogP contribution in [-0.4, -0.2) is 43.8 Å². The molecule has 1 aliphatic rings. The molecule has 34 heavy (non-hydrogen) atoms. The van der Waals surface area contributed by atoms with Crippen LogP contribution in [0.3, 0.4) is 0 Å². The molecular weight excluding hydrogens is 451 g/mol. The number of halogens is 3. The Morgan fingerprint density at radius 2 is 1.82 bits per heavy atom. The molecule has 0 saturated heterocycles. The first-order chi connectivity index (χ1) is 16.2. The Bertz CT molecular complexity index is 1350. The molecule has 0 radical (unpaired) electrons. The molecule has 3 heterocycles. The van der Waals surface area contributed by atoms with E-state index in [1.807, 2.05) is 48.7 Å². The number of carboxylic acid groups (broad SMARTS) is 1. The summed E-state index contributed by atoms with van der Waals surface area (Å²) in [5.74, 6) is -1.33. The fourth-order valence-electron chi connectivity index (χ4n) is 3.43. The number of para-hydroxylation sites is 1. The summed E-state index contributed by atoms with van der Waals surface area (Å²) in [6.45, 7) is 0.621. The van der Waals surface area contributed by atoms with E-state index in [0.717, 1.165) is 40.2 Å². The number of benzene rings is 2. The third-order valence-corrected chi connectivity index (χ3v) is 5.07. The number of aromatic nitrogens is 4. The van der Waals surface area contributed by atoms with Gasteiger partial charge in [0.25, 0.3) is 0 Å². The number of rotatable bonds is 2. The van der Waals surface area contributed by atoms with Gasteiger partial charge < -0.3 is 15.6 Å². The lowest BCUT2D eigenvalue weighted by atomic mass is 9.94. The molecule has 1 aliphatic heterocycles. The minimum Gasteiger partial charge on any atom is -0.493 e. The predicted octanol–water partition coefficient (Wildman–Crippen LogP) is 4.02. The van der Waals surface area contributed by atoms with E-state index in [4.69, 9.17) is 25.4 Å². The highest BCUT2D eigenvalue weighted by Gasteiger charge is 2.38. The number of carboxylic acids is 1. The van der Waals surface area contributed by atoms with Crippen LogP contribution in [0.15, 0.2) is 60.9 Å². The minimum atomic E-state index is -5.08. The van der Waals surface area contributed by atoms with E-state index in [-0.39, 0.29) is 11.9 Å². The SMILES string of the molecule is Nc1nccc(-c2ccc3nc(C4COc5ccccc5C4)cnc3c2)n1.O=C(O)C(F)(F)F. The van der Waals surface area contributed by atoms with E-state index in [9.17, 15) is 13.2 Å². The topological polar surface area (TPSA) is 124 Å². The van der Waals surface area contributed by atoms with Gasteiger partial charge in [-0.05, 0) is 36.2 Å². The number of anilines is 1. The first kappa shape index (κ1) is 22.9. The second kappa shape index (κ2) is 9.30. The second-order valence-electron chi connectivity index (χ2n) is 7.42. The zero-order valence-electron chi connectivity index (χ0n) is 17.5. The largest absolute Gasteiger partial charge is 0.493 e. The number of nitrogen functional groups attached to an aromatic ring is 1. The number of hydrogen-bond acceptors (Lipinski definition) is 7. The van der Waals surface area contributed by atoms with Gasteiger partial charge in [0.2, 0.25) is 5.95 Å². The molecule has 5 rings (SSSR count). The van der Waals surface area contributed by atoms with Gasteiger partial charge in [0, 0.05) is 23.9 Å². The molecule has 3 N–H and O–H groups in total. The number of carbonyl (C=O) groups is 1. The van der Waals surface area contributed by atoms with Crippen molar-refractivity contribution < 1.29 is 27.8 Å². The molecular formula is C23H18F3N5O3. The Hall–Kier alpha value is -4.28. The van der Waals surface area contributed by atoms with Crippen molar-refractivity contribution in [3.63, 3.8) is 0 Å². The first-order valence-corrected chi connectivity index (χ1v) is 10.1. The molecule has 11 heteroatoms. The van der Waals surface area contributed by atoms with Crippen molar-refractivity contribution in [2.24, 2.45) is 0 Å². The fraction of sp³-hybridized carbons (Fsp3) is 0.174. The number of alkyl halides is 3. The quantitative estimate of drug-likeness (QED) is 0.451. The Balaban J connectivity index is 0.000000344. The highest BCUT2D eigenvalue weighted by Crippen LogP contribution is 2.32. The van der Waals surface area contributed by atoms with Gasteiger partial charge in [0.15, 0.2) is 0 Å². The lowest BCUT2D eigenvalue weighted by Crippen LogP contribution is -2.21. The highest BCUT2D eigenvalue weighted by atomic mass is 19.4. The van der Waals surface area contributed by atoms with Crippen LogP contribution in [-0.2, 0) is 11.2 Å². The number of nitrogens with two attached hydrogens (primary N) is 1. The number of ether oxygens (including phenoxy) is 1. The monoisotopic (exact) mass is 469 g/mol. The van der Waals surface area contributed by atoms with E-state index in [1.165, 1.54) is 5.56 Å². The lowest BCUT2D eigenvalue weighted by Gasteiger charge is -2.24. The predicted molar refractivity (Wildman–Crippen MR) is 117 cm³/mol. The van der Waals surface area contributed by atoms with Crippen LogP contribution in [0.4, 0.5) is 19.1 Å². The summed E-state index contributed by atoms with van der Waals surface area (Å²) >= 11 is 0. The molecule has 0 spiro atoms. The smallest absolute Gasteiger partial charge is 0.490 e. The van der Waals surface area contributed by atoms with E-state index < -0.39 is 12.1 Å². The van der Waals surface area contributed by atoms with Gasteiger partial charge in [-0.1, -0.05) is 24.3 Å². The van der Waals surface area contributed by atoms with Crippen LogP contribution in [0.1, 0.15) is 17.2 Å². The van der Waals surface area contributed by atoms with Crippen LogP contribution >= 0.6 is 0 Å². The van der Waals surface area contributed by atoms with Gasteiger partial charge in [-0.2, -0.15) is 13.2 Å². The van der Waals surface area contributed by atoms with Gasteiger partial charge >= 0.3 is 12.1 Å². The van der Waals surface area contributed by atoms with Crippen molar-refractivity contribution in [2.45, 2.75) is 18.5 Å². The van der Waals surface area contributed by atoms with Crippen molar-refractivity contribution in [1.29, 1.82) is 0 Å². The minimum absolute atomic E-state index is 0.207. The Morgan fingerprint density at radius 1 is 1.06 bits per heavy atom. The van der Waals surface area contributed by atoms with Crippen LogP contribution in [0.5, 0.6) is 5.75 Å². The molecule has 4 aromatic rings. The Morgan fingerprint density at radius 3 is 2.56 bits per heavy atom. The second-order valence-corrected chi connectivity index (χ2v) is 7.42. The average Bonchev–Trinajstić information content (AvgIpc) is 2.83. The molecule has 174 valence electrons. The average molecular weight is 469 g/mol. The fourth-order valence-corrected chi connectivity index (χ4v) is 3.43. The van der Waals surface area contributed by atoms with Gasteiger partial charge in [-0.25, -0.2) is 19.7 Å². The maximum atomic E-state index is 10.6. The van der Waals surface area contributed by atoms with Crippen molar-refractivity contribution in [1.82, 2.24) is 19.9 Å².